The van der Waals surface area contributed by atoms with Crippen molar-refractivity contribution >= 4 is 0 Å². The Bertz CT molecular complexity index is 123. The first kappa shape index (κ1) is 6.62. The lowest BCUT2D eigenvalue weighted by molar-refractivity contribution is 0.0314. The van der Waals surface area contributed by atoms with Crippen LogP contribution in [0.25, 0.3) is 0 Å². The van der Waals surface area contributed by atoms with Gasteiger partial charge in [-0.25, -0.2) is 0 Å². The second kappa shape index (κ2) is 2.21. The van der Waals surface area contributed by atoms with E-state index in [2.05, 4.69) is 0 Å². The molecule has 0 radical (unpaired) electrons. The van der Waals surface area contributed by atoms with Gasteiger partial charge in [0.25, 0.3) is 0 Å². The van der Waals surface area contributed by atoms with Crippen LogP contribution in [0.5, 0.6) is 0 Å². The number of epoxide rings is 1. The van der Waals surface area contributed by atoms with E-state index in [9.17, 15) is 5.11 Å². The quantitative estimate of drug-likeness (QED) is 0.585. The number of hydrogen-bond acceptors (Lipinski definition) is 2. The summed E-state index contributed by atoms with van der Waals surface area (Å²) in [6.45, 7) is 0.877. The highest BCUT2D eigenvalue weighted by Gasteiger charge is 2.38. The highest BCUT2D eigenvalue weighted by molar-refractivity contribution is 4.89. The van der Waals surface area contributed by atoms with E-state index in [0.717, 1.165) is 25.9 Å². The summed E-state index contributed by atoms with van der Waals surface area (Å²) in [5.74, 6) is 0. The van der Waals surface area contributed by atoms with Crippen LogP contribution in [0.2, 0.25) is 0 Å². The first-order valence-electron chi connectivity index (χ1n) is 4.13. The predicted octanol–water partition coefficient (Wildman–Crippen LogP) is 1.08. The summed E-state index contributed by atoms with van der Waals surface area (Å²) in [6, 6.07) is 0. The van der Waals surface area contributed by atoms with Gasteiger partial charge in [0.15, 0.2) is 0 Å². The van der Waals surface area contributed by atoms with E-state index in [1.54, 1.807) is 0 Å². The van der Waals surface area contributed by atoms with Gasteiger partial charge in [-0.05, 0) is 12.8 Å². The van der Waals surface area contributed by atoms with E-state index < -0.39 is 0 Å². The highest BCUT2D eigenvalue weighted by atomic mass is 16.6. The van der Waals surface area contributed by atoms with Crippen molar-refractivity contribution in [2.45, 2.75) is 43.8 Å². The zero-order valence-electron chi connectivity index (χ0n) is 6.18. The molecule has 2 fully saturated rings. The van der Waals surface area contributed by atoms with E-state index in [-0.39, 0.29) is 5.60 Å². The lowest BCUT2D eigenvalue weighted by Gasteiger charge is -2.20. The van der Waals surface area contributed by atoms with Crippen LogP contribution in [0, 0.1) is 0 Å². The Morgan fingerprint density at radius 1 is 1.40 bits per heavy atom. The van der Waals surface area contributed by atoms with Gasteiger partial charge in [-0.3, -0.25) is 0 Å². The Balaban J connectivity index is 1.86. The molecule has 1 aliphatic carbocycles. The summed E-state index contributed by atoms with van der Waals surface area (Å²) in [7, 11) is 0. The maximum atomic E-state index is 9.82. The topological polar surface area (TPSA) is 32.8 Å². The second-order valence-corrected chi connectivity index (χ2v) is 3.59. The summed E-state index contributed by atoms with van der Waals surface area (Å²) < 4.78 is 5.08. The maximum absolute atomic E-state index is 9.82. The zero-order valence-corrected chi connectivity index (χ0v) is 6.18. The third-order valence-corrected chi connectivity index (χ3v) is 2.54. The van der Waals surface area contributed by atoms with Gasteiger partial charge in [0.2, 0.25) is 0 Å². The number of aliphatic hydroxyl groups is 1. The Hall–Kier alpha value is -0.0800. The van der Waals surface area contributed by atoms with Gasteiger partial charge in [-0.1, -0.05) is 12.8 Å². The highest BCUT2D eigenvalue weighted by Crippen LogP contribution is 2.36. The molecule has 1 N–H and O–H groups in total. The van der Waals surface area contributed by atoms with Gasteiger partial charge in [0, 0.05) is 6.42 Å². The van der Waals surface area contributed by atoms with E-state index in [1.807, 2.05) is 0 Å². The molecule has 1 heterocycles. The van der Waals surface area contributed by atoms with Crippen LogP contribution in [-0.2, 0) is 4.74 Å². The predicted molar refractivity (Wildman–Crippen MR) is 37.8 cm³/mol. The molecule has 0 aromatic carbocycles. The lowest BCUT2D eigenvalue weighted by Crippen LogP contribution is -2.25. The van der Waals surface area contributed by atoms with E-state index in [4.69, 9.17) is 4.74 Å². The van der Waals surface area contributed by atoms with Crippen molar-refractivity contribution < 1.29 is 9.84 Å². The molecule has 0 spiro atoms. The first-order valence-corrected chi connectivity index (χ1v) is 4.13. The molecular formula is C8H14O2. The van der Waals surface area contributed by atoms with Crippen LogP contribution in [0.3, 0.4) is 0 Å². The van der Waals surface area contributed by atoms with Crippen LogP contribution in [-0.4, -0.2) is 23.4 Å². The molecule has 1 saturated carbocycles. The Morgan fingerprint density at radius 3 is 2.50 bits per heavy atom. The molecule has 0 amide bonds. The molecule has 2 rings (SSSR count). The Kier molecular flexibility index (Phi) is 1.46. The summed E-state index contributed by atoms with van der Waals surface area (Å²) >= 11 is 0. The third kappa shape index (κ3) is 1.32. The number of rotatable bonds is 2. The molecule has 2 aliphatic rings. The SMILES string of the molecule is OC1(C[C@H]2CO2)CCCC1. The monoisotopic (exact) mass is 142 g/mol. The minimum Gasteiger partial charge on any atom is -0.390 e. The smallest absolute Gasteiger partial charge is 0.0837 e. The Labute approximate surface area is 61.2 Å². The third-order valence-electron chi connectivity index (χ3n) is 2.54. The summed E-state index contributed by atoms with van der Waals surface area (Å²) in [5.41, 5.74) is -0.346. The van der Waals surface area contributed by atoms with E-state index >= 15 is 0 Å². The van der Waals surface area contributed by atoms with Crippen LogP contribution in [0.1, 0.15) is 32.1 Å². The van der Waals surface area contributed by atoms with Crippen LogP contribution in [0.4, 0.5) is 0 Å². The van der Waals surface area contributed by atoms with Crippen molar-refractivity contribution in [2.24, 2.45) is 0 Å². The van der Waals surface area contributed by atoms with Crippen LogP contribution in [0.15, 0.2) is 0 Å². The van der Waals surface area contributed by atoms with Crippen molar-refractivity contribution in [3.63, 3.8) is 0 Å². The molecule has 10 heavy (non-hydrogen) atoms. The molecule has 1 saturated heterocycles. The molecule has 2 nitrogen and oxygen atoms in total. The van der Waals surface area contributed by atoms with Crippen molar-refractivity contribution in [2.75, 3.05) is 6.61 Å². The fourth-order valence-corrected chi connectivity index (χ4v) is 1.85. The van der Waals surface area contributed by atoms with Gasteiger partial charge in [0.1, 0.15) is 0 Å². The summed E-state index contributed by atoms with van der Waals surface area (Å²) in [4.78, 5) is 0. The molecule has 58 valence electrons. The van der Waals surface area contributed by atoms with Gasteiger partial charge >= 0.3 is 0 Å². The zero-order chi connectivity index (χ0) is 7.03. The molecule has 0 bridgehead atoms. The van der Waals surface area contributed by atoms with Crippen molar-refractivity contribution in [3.05, 3.63) is 0 Å². The fraction of sp³-hybridized carbons (Fsp3) is 1.00. The molecule has 0 aromatic rings. The first-order chi connectivity index (χ1) is 4.79. The van der Waals surface area contributed by atoms with Gasteiger partial charge in [0.05, 0.1) is 18.3 Å². The minimum absolute atomic E-state index is 0.346. The molecule has 1 aliphatic heterocycles. The van der Waals surface area contributed by atoms with Crippen molar-refractivity contribution in [1.29, 1.82) is 0 Å². The Morgan fingerprint density at radius 2 is 2.00 bits per heavy atom. The fourth-order valence-electron chi connectivity index (χ4n) is 1.85. The molecule has 1 atom stereocenters. The van der Waals surface area contributed by atoms with E-state index in [1.165, 1.54) is 12.8 Å². The average Bonchev–Trinajstić information content (AvgIpc) is 2.56. The number of ether oxygens (including phenoxy) is 1. The summed E-state index contributed by atoms with van der Waals surface area (Å²) in [6.07, 6.45) is 5.65. The largest absolute Gasteiger partial charge is 0.390 e. The van der Waals surface area contributed by atoms with Gasteiger partial charge in [-0.2, -0.15) is 0 Å². The lowest BCUT2D eigenvalue weighted by atomic mass is 9.96. The van der Waals surface area contributed by atoms with Crippen LogP contribution >= 0.6 is 0 Å². The molecule has 0 unspecified atom stereocenters. The normalized spacial score (nSPS) is 36.3. The van der Waals surface area contributed by atoms with Crippen molar-refractivity contribution in [1.82, 2.24) is 0 Å². The van der Waals surface area contributed by atoms with Crippen LogP contribution < -0.4 is 0 Å². The van der Waals surface area contributed by atoms with Gasteiger partial charge in [-0.15, -0.1) is 0 Å². The maximum Gasteiger partial charge on any atom is 0.0837 e. The van der Waals surface area contributed by atoms with E-state index in [0.29, 0.717) is 6.10 Å². The summed E-state index contributed by atoms with van der Waals surface area (Å²) in [5, 5.41) is 9.82. The molecule has 2 heteroatoms. The standard InChI is InChI=1S/C8H14O2/c9-8(3-1-2-4-8)5-7-6-10-7/h7,9H,1-6H2/t7-/m0/s1. The number of hydrogen-bond donors (Lipinski definition) is 1. The van der Waals surface area contributed by atoms with Crippen molar-refractivity contribution in [3.8, 4) is 0 Å². The average molecular weight is 142 g/mol. The second-order valence-electron chi connectivity index (χ2n) is 3.59. The minimum atomic E-state index is -0.346. The molecular weight excluding hydrogens is 128 g/mol. The molecule has 0 aromatic heterocycles. The van der Waals surface area contributed by atoms with Gasteiger partial charge < -0.3 is 9.84 Å².